The fraction of sp³-hybridized carbons (Fsp3) is 0.276. The highest BCUT2D eigenvalue weighted by atomic mass is 35.5. The summed E-state index contributed by atoms with van der Waals surface area (Å²) in [6.07, 6.45) is 4.87. The van der Waals surface area contributed by atoms with Crippen molar-refractivity contribution < 1.29 is 18.3 Å². The molecule has 1 aliphatic carbocycles. The van der Waals surface area contributed by atoms with Gasteiger partial charge >= 0.3 is 6.09 Å². The number of nitrogens with one attached hydrogen (secondary N) is 3. The maximum atomic E-state index is 12.8. The quantitative estimate of drug-likeness (QED) is 0.192. The molecule has 1 aromatic heterocycles. The van der Waals surface area contributed by atoms with Gasteiger partial charge in [0, 0.05) is 29.4 Å². The first-order chi connectivity index (χ1) is 19.2. The van der Waals surface area contributed by atoms with E-state index in [1.54, 1.807) is 30.3 Å². The van der Waals surface area contributed by atoms with Crippen molar-refractivity contribution in [3.05, 3.63) is 77.4 Å². The normalized spacial score (nSPS) is 17.4. The Kier molecular flexibility index (Phi) is 8.09. The molecule has 0 bridgehead atoms. The van der Waals surface area contributed by atoms with Gasteiger partial charge in [-0.05, 0) is 85.2 Å². The molecular formula is C29H30ClN5O4S. The van der Waals surface area contributed by atoms with Crippen LogP contribution in [-0.2, 0) is 16.4 Å². The second-order valence-corrected chi connectivity index (χ2v) is 11.9. The molecule has 3 aromatic carbocycles. The predicted molar refractivity (Wildman–Crippen MR) is 157 cm³/mol. The number of carboxylic acid groups (broad SMARTS) is 1. The van der Waals surface area contributed by atoms with Crippen molar-refractivity contribution in [2.24, 2.45) is 0 Å². The van der Waals surface area contributed by atoms with Crippen molar-refractivity contribution in [3.63, 3.8) is 0 Å². The summed E-state index contributed by atoms with van der Waals surface area (Å²) in [4.78, 5) is 20.3. The summed E-state index contributed by atoms with van der Waals surface area (Å²) in [6, 6.07) is 17.8. The highest BCUT2D eigenvalue weighted by Crippen LogP contribution is 2.30. The third kappa shape index (κ3) is 6.29. The van der Waals surface area contributed by atoms with Gasteiger partial charge in [0.15, 0.2) is 0 Å². The minimum atomic E-state index is -3.81. The van der Waals surface area contributed by atoms with Crippen LogP contribution in [0.4, 0.5) is 16.4 Å². The molecule has 1 heterocycles. The first kappa shape index (κ1) is 27.7. The molecule has 1 aliphatic rings. The summed E-state index contributed by atoms with van der Waals surface area (Å²) < 4.78 is 28.1. The number of carbonyl (C=O) groups is 1. The Morgan fingerprint density at radius 3 is 2.38 bits per heavy atom. The Hall–Kier alpha value is -3.89. The lowest BCUT2D eigenvalue weighted by molar-refractivity contribution is 0.185. The summed E-state index contributed by atoms with van der Waals surface area (Å²) in [5.41, 5.74) is 4.32. The van der Waals surface area contributed by atoms with Crippen LogP contribution in [-0.4, -0.2) is 41.7 Å². The fourth-order valence-corrected chi connectivity index (χ4v) is 6.65. The van der Waals surface area contributed by atoms with Crippen LogP contribution < -0.4 is 15.4 Å². The lowest BCUT2D eigenvalue weighted by Gasteiger charge is -2.28. The molecule has 0 atom stereocenters. The van der Waals surface area contributed by atoms with Gasteiger partial charge in [0.25, 0.3) is 10.0 Å². The molecule has 208 valence electrons. The Morgan fingerprint density at radius 2 is 1.70 bits per heavy atom. The van der Waals surface area contributed by atoms with E-state index in [-0.39, 0.29) is 22.0 Å². The van der Waals surface area contributed by atoms with E-state index in [0.717, 1.165) is 59.7 Å². The highest BCUT2D eigenvalue weighted by Gasteiger charge is 2.23. The van der Waals surface area contributed by atoms with Crippen LogP contribution in [0.1, 0.15) is 38.2 Å². The van der Waals surface area contributed by atoms with E-state index >= 15 is 0 Å². The zero-order chi connectivity index (χ0) is 28.3. The first-order valence-corrected chi connectivity index (χ1v) is 15.0. The molecule has 1 saturated carbocycles. The molecule has 0 aliphatic heterocycles. The van der Waals surface area contributed by atoms with Crippen molar-refractivity contribution in [1.29, 1.82) is 0 Å². The summed E-state index contributed by atoms with van der Waals surface area (Å²) in [5, 5.41) is 16.0. The SMILES string of the molecule is CCc1cc(-c2ccc(NS(=O)(=O)c3ccccc3Cl)cc2)cc2cnc(NC3CCC(NC(=O)O)CC3)nc12. The number of benzene rings is 3. The van der Waals surface area contributed by atoms with Crippen LogP contribution in [0.5, 0.6) is 0 Å². The van der Waals surface area contributed by atoms with Gasteiger partial charge in [0.05, 0.1) is 10.5 Å². The number of nitrogens with zero attached hydrogens (tertiary/aromatic N) is 2. The van der Waals surface area contributed by atoms with Gasteiger partial charge in [0.1, 0.15) is 4.90 Å². The summed E-state index contributed by atoms with van der Waals surface area (Å²) in [6.45, 7) is 2.08. The van der Waals surface area contributed by atoms with E-state index in [1.807, 2.05) is 24.4 Å². The molecule has 0 saturated heterocycles. The van der Waals surface area contributed by atoms with E-state index in [4.69, 9.17) is 21.7 Å². The third-order valence-corrected chi connectivity index (χ3v) is 9.01. The largest absolute Gasteiger partial charge is 0.465 e. The monoisotopic (exact) mass is 579 g/mol. The topological polar surface area (TPSA) is 133 Å². The Labute approximate surface area is 238 Å². The number of amides is 1. The van der Waals surface area contributed by atoms with Crippen LogP contribution in [0, 0.1) is 0 Å². The number of sulfonamides is 1. The van der Waals surface area contributed by atoms with Crippen LogP contribution in [0.2, 0.25) is 5.02 Å². The Bertz CT molecular complexity index is 1640. The molecule has 5 rings (SSSR count). The van der Waals surface area contributed by atoms with Crippen LogP contribution >= 0.6 is 11.6 Å². The number of aromatic nitrogens is 2. The number of fused-ring (bicyclic) bond motifs is 1. The maximum absolute atomic E-state index is 12.8. The molecule has 9 nitrogen and oxygen atoms in total. The third-order valence-electron chi connectivity index (χ3n) is 7.13. The van der Waals surface area contributed by atoms with E-state index in [9.17, 15) is 13.2 Å². The molecule has 4 aromatic rings. The minimum absolute atomic E-state index is 0.00482. The first-order valence-electron chi connectivity index (χ1n) is 13.2. The van der Waals surface area contributed by atoms with Crippen molar-refractivity contribution >= 4 is 50.3 Å². The van der Waals surface area contributed by atoms with Gasteiger partial charge < -0.3 is 15.7 Å². The molecule has 0 unspecified atom stereocenters. The van der Waals surface area contributed by atoms with E-state index in [2.05, 4.69) is 33.3 Å². The van der Waals surface area contributed by atoms with E-state index in [0.29, 0.717) is 11.6 Å². The molecule has 4 N–H and O–H groups in total. The molecule has 0 spiro atoms. The van der Waals surface area contributed by atoms with Gasteiger partial charge in [0.2, 0.25) is 5.95 Å². The van der Waals surface area contributed by atoms with Gasteiger partial charge in [-0.3, -0.25) is 4.72 Å². The van der Waals surface area contributed by atoms with E-state index in [1.165, 1.54) is 6.07 Å². The molecule has 0 radical (unpaired) electrons. The van der Waals surface area contributed by atoms with Crippen molar-refractivity contribution in [1.82, 2.24) is 15.3 Å². The zero-order valence-corrected chi connectivity index (χ0v) is 23.5. The molecule has 1 fully saturated rings. The van der Waals surface area contributed by atoms with Crippen LogP contribution in [0.15, 0.2) is 71.8 Å². The average molecular weight is 580 g/mol. The van der Waals surface area contributed by atoms with Gasteiger partial charge in [-0.25, -0.2) is 23.2 Å². The van der Waals surface area contributed by atoms with Crippen molar-refractivity contribution in [2.45, 2.75) is 56.0 Å². The lowest BCUT2D eigenvalue weighted by Crippen LogP contribution is -2.39. The summed E-state index contributed by atoms with van der Waals surface area (Å²) in [7, 11) is -3.81. The van der Waals surface area contributed by atoms with Crippen molar-refractivity contribution in [2.75, 3.05) is 10.0 Å². The van der Waals surface area contributed by atoms with Crippen molar-refractivity contribution in [3.8, 4) is 11.1 Å². The minimum Gasteiger partial charge on any atom is -0.465 e. The smallest absolute Gasteiger partial charge is 0.404 e. The number of aryl methyl sites for hydroxylation is 1. The number of hydrogen-bond acceptors (Lipinski definition) is 6. The Balaban J connectivity index is 1.32. The van der Waals surface area contributed by atoms with Gasteiger partial charge in [-0.15, -0.1) is 0 Å². The van der Waals surface area contributed by atoms with Gasteiger partial charge in [-0.2, -0.15) is 0 Å². The summed E-state index contributed by atoms with van der Waals surface area (Å²) >= 11 is 6.08. The number of rotatable bonds is 8. The van der Waals surface area contributed by atoms with Gasteiger partial charge in [-0.1, -0.05) is 42.8 Å². The molecule has 1 amide bonds. The number of anilines is 2. The highest BCUT2D eigenvalue weighted by molar-refractivity contribution is 7.92. The standard InChI is InChI=1S/C29H30ClN5O4S/c1-2-18-15-20(19-7-9-24(10-8-19)35-40(38,39)26-6-4-3-5-25(26)30)16-21-17-31-28(34-27(18)21)32-22-11-13-23(14-12-22)33-29(36)37/h3-10,15-17,22-23,33,35H,2,11-14H2,1H3,(H,36,37)(H,31,32,34). The maximum Gasteiger partial charge on any atom is 0.404 e. The lowest BCUT2D eigenvalue weighted by atomic mass is 9.91. The second kappa shape index (κ2) is 11.7. The second-order valence-electron chi connectivity index (χ2n) is 9.88. The average Bonchev–Trinajstić information content (AvgIpc) is 2.93. The number of halogens is 1. The molecule has 11 heteroatoms. The molecular weight excluding hydrogens is 550 g/mol. The molecule has 40 heavy (non-hydrogen) atoms. The Morgan fingerprint density at radius 1 is 1.00 bits per heavy atom. The van der Waals surface area contributed by atoms with E-state index < -0.39 is 16.1 Å². The zero-order valence-electron chi connectivity index (χ0n) is 21.9. The van der Waals surface area contributed by atoms with Crippen LogP contribution in [0.25, 0.3) is 22.0 Å². The number of hydrogen-bond donors (Lipinski definition) is 4. The summed E-state index contributed by atoms with van der Waals surface area (Å²) in [5.74, 6) is 0.569. The predicted octanol–water partition coefficient (Wildman–Crippen LogP) is 6.30. The van der Waals surface area contributed by atoms with Crippen LogP contribution in [0.3, 0.4) is 0 Å². The fourth-order valence-electron chi connectivity index (χ4n) is 5.07.